The first-order chi connectivity index (χ1) is 12.6. The zero-order chi connectivity index (χ0) is 18.5. The first-order valence-electron chi connectivity index (χ1n) is 8.53. The summed E-state index contributed by atoms with van der Waals surface area (Å²) in [6, 6.07) is 14.3. The lowest BCUT2D eigenvalue weighted by molar-refractivity contribution is -0.121. The van der Waals surface area contributed by atoms with Crippen LogP contribution in [0.1, 0.15) is 39.1 Å². The number of hydrogen-bond acceptors (Lipinski definition) is 3. The van der Waals surface area contributed by atoms with E-state index in [-0.39, 0.29) is 12.5 Å². The molecule has 2 aromatic carbocycles. The SMILES string of the molecule is O=C(CN1C(=O)c2ccccc2C1=O)NCCCCc1ccccc1Cl. The summed E-state index contributed by atoms with van der Waals surface area (Å²) in [5, 5.41) is 3.51. The third-order valence-electron chi connectivity index (χ3n) is 4.33. The van der Waals surface area contributed by atoms with Gasteiger partial charge < -0.3 is 5.32 Å². The highest BCUT2D eigenvalue weighted by Gasteiger charge is 2.36. The van der Waals surface area contributed by atoms with Gasteiger partial charge in [-0.15, -0.1) is 0 Å². The molecule has 26 heavy (non-hydrogen) atoms. The number of hydrogen-bond donors (Lipinski definition) is 1. The number of nitrogens with zero attached hydrogens (tertiary/aromatic N) is 1. The predicted octanol–water partition coefficient (Wildman–Crippen LogP) is 3.08. The number of carbonyl (C=O) groups is 3. The summed E-state index contributed by atoms with van der Waals surface area (Å²) in [5.74, 6) is -1.17. The van der Waals surface area contributed by atoms with E-state index in [0.29, 0.717) is 17.7 Å². The Morgan fingerprint density at radius 3 is 2.19 bits per heavy atom. The molecule has 6 heteroatoms. The fourth-order valence-corrected chi connectivity index (χ4v) is 3.18. The van der Waals surface area contributed by atoms with E-state index in [0.717, 1.165) is 34.7 Å². The van der Waals surface area contributed by atoms with Gasteiger partial charge in [0.05, 0.1) is 11.1 Å². The Morgan fingerprint density at radius 2 is 1.54 bits per heavy atom. The molecule has 0 saturated carbocycles. The molecular formula is C20H19ClN2O3. The second-order valence-electron chi connectivity index (χ2n) is 6.14. The molecule has 3 amide bonds. The first kappa shape index (κ1) is 18.1. The number of halogens is 1. The van der Waals surface area contributed by atoms with Crippen LogP contribution in [0.3, 0.4) is 0 Å². The van der Waals surface area contributed by atoms with Crippen LogP contribution in [-0.4, -0.2) is 35.7 Å². The highest BCUT2D eigenvalue weighted by Crippen LogP contribution is 2.22. The second-order valence-corrected chi connectivity index (χ2v) is 6.55. The summed E-state index contributed by atoms with van der Waals surface area (Å²) in [7, 11) is 0. The number of benzene rings is 2. The smallest absolute Gasteiger partial charge is 0.262 e. The van der Waals surface area contributed by atoms with E-state index in [2.05, 4.69) is 5.32 Å². The van der Waals surface area contributed by atoms with Gasteiger partial charge in [-0.05, 0) is 43.0 Å². The third-order valence-corrected chi connectivity index (χ3v) is 4.70. The standard InChI is InChI=1S/C20H19ClN2O3/c21-17-11-4-1-7-14(17)8-5-6-12-22-18(24)13-23-19(25)15-9-2-3-10-16(15)20(23)26/h1-4,7,9-11H,5-6,8,12-13H2,(H,22,24). The normalized spacial score (nSPS) is 13.0. The lowest BCUT2D eigenvalue weighted by Gasteiger charge is -2.13. The Bertz CT molecular complexity index is 815. The summed E-state index contributed by atoms with van der Waals surface area (Å²) in [6.45, 7) is 0.239. The molecule has 0 radical (unpaired) electrons. The van der Waals surface area contributed by atoms with Gasteiger partial charge in [0.1, 0.15) is 6.54 Å². The quantitative estimate of drug-likeness (QED) is 0.601. The molecule has 0 aliphatic carbocycles. The van der Waals surface area contributed by atoms with Crippen LogP contribution in [0.2, 0.25) is 5.02 Å². The topological polar surface area (TPSA) is 66.5 Å². The van der Waals surface area contributed by atoms with Gasteiger partial charge >= 0.3 is 0 Å². The highest BCUT2D eigenvalue weighted by atomic mass is 35.5. The monoisotopic (exact) mass is 370 g/mol. The number of aryl methyl sites for hydroxylation is 1. The van der Waals surface area contributed by atoms with Crippen molar-refractivity contribution >= 4 is 29.3 Å². The van der Waals surface area contributed by atoms with Crippen LogP contribution in [0.5, 0.6) is 0 Å². The van der Waals surface area contributed by atoms with E-state index in [1.807, 2.05) is 24.3 Å². The van der Waals surface area contributed by atoms with Gasteiger partial charge in [-0.3, -0.25) is 19.3 Å². The van der Waals surface area contributed by atoms with Crippen molar-refractivity contribution in [3.8, 4) is 0 Å². The Balaban J connectivity index is 1.42. The molecule has 2 aromatic rings. The lowest BCUT2D eigenvalue weighted by atomic mass is 10.1. The third kappa shape index (κ3) is 3.94. The summed E-state index contributed by atoms with van der Waals surface area (Å²) in [5.41, 5.74) is 1.79. The minimum absolute atomic E-state index is 0.253. The fourth-order valence-electron chi connectivity index (χ4n) is 2.95. The average molecular weight is 371 g/mol. The Morgan fingerprint density at radius 1 is 0.923 bits per heavy atom. The van der Waals surface area contributed by atoms with Crippen molar-refractivity contribution in [3.05, 3.63) is 70.2 Å². The fraction of sp³-hybridized carbons (Fsp3) is 0.250. The molecule has 0 bridgehead atoms. The molecule has 1 aliphatic heterocycles. The number of nitrogens with one attached hydrogen (secondary N) is 1. The van der Waals surface area contributed by atoms with Crippen LogP contribution in [-0.2, 0) is 11.2 Å². The molecule has 0 spiro atoms. The molecule has 0 saturated heterocycles. The van der Waals surface area contributed by atoms with Gasteiger partial charge in [-0.1, -0.05) is 41.9 Å². The van der Waals surface area contributed by atoms with Crippen molar-refractivity contribution in [1.82, 2.24) is 10.2 Å². The molecule has 0 aromatic heterocycles. The summed E-state index contributed by atoms with van der Waals surface area (Å²) in [6.07, 6.45) is 2.52. The van der Waals surface area contributed by atoms with Crippen LogP contribution in [0.25, 0.3) is 0 Å². The molecule has 0 atom stereocenters. The van der Waals surface area contributed by atoms with E-state index < -0.39 is 11.8 Å². The van der Waals surface area contributed by atoms with Crippen molar-refractivity contribution in [3.63, 3.8) is 0 Å². The van der Waals surface area contributed by atoms with Crippen molar-refractivity contribution < 1.29 is 14.4 Å². The molecule has 1 heterocycles. The van der Waals surface area contributed by atoms with E-state index in [1.54, 1.807) is 24.3 Å². The Kier molecular flexibility index (Phi) is 5.68. The number of unbranched alkanes of at least 4 members (excludes halogenated alkanes) is 1. The summed E-state index contributed by atoms with van der Waals surface area (Å²) < 4.78 is 0. The Labute approximate surface area is 156 Å². The molecule has 3 rings (SSSR count). The minimum Gasteiger partial charge on any atom is -0.355 e. The summed E-state index contributed by atoms with van der Waals surface area (Å²) >= 11 is 6.11. The zero-order valence-electron chi connectivity index (χ0n) is 14.2. The van der Waals surface area contributed by atoms with Crippen LogP contribution in [0, 0.1) is 0 Å². The van der Waals surface area contributed by atoms with Crippen LogP contribution >= 0.6 is 11.6 Å². The van der Waals surface area contributed by atoms with Crippen LogP contribution < -0.4 is 5.32 Å². The van der Waals surface area contributed by atoms with Gasteiger partial charge in [-0.2, -0.15) is 0 Å². The Hall–Kier alpha value is -2.66. The molecule has 0 fully saturated rings. The van der Waals surface area contributed by atoms with E-state index in [1.165, 1.54) is 0 Å². The van der Waals surface area contributed by atoms with E-state index in [9.17, 15) is 14.4 Å². The molecule has 5 nitrogen and oxygen atoms in total. The molecule has 1 N–H and O–H groups in total. The maximum Gasteiger partial charge on any atom is 0.262 e. The van der Waals surface area contributed by atoms with Crippen LogP contribution in [0.15, 0.2) is 48.5 Å². The molecule has 0 unspecified atom stereocenters. The number of imide groups is 1. The van der Waals surface area contributed by atoms with Crippen molar-refractivity contribution in [2.75, 3.05) is 13.1 Å². The first-order valence-corrected chi connectivity index (χ1v) is 8.91. The maximum atomic E-state index is 12.2. The predicted molar refractivity (Wildman–Crippen MR) is 99.2 cm³/mol. The van der Waals surface area contributed by atoms with Gasteiger partial charge in [0.15, 0.2) is 0 Å². The molecular weight excluding hydrogens is 352 g/mol. The highest BCUT2D eigenvalue weighted by molar-refractivity contribution is 6.31. The van der Waals surface area contributed by atoms with Gasteiger partial charge in [-0.25, -0.2) is 0 Å². The summed E-state index contributed by atoms with van der Waals surface area (Å²) in [4.78, 5) is 37.5. The van der Waals surface area contributed by atoms with E-state index >= 15 is 0 Å². The zero-order valence-corrected chi connectivity index (χ0v) is 15.0. The lowest BCUT2D eigenvalue weighted by Crippen LogP contribution is -2.40. The number of carbonyl (C=O) groups excluding carboxylic acids is 3. The van der Waals surface area contributed by atoms with Crippen molar-refractivity contribution in [2.24, 2.45) is 0 Å². The number of fused-ring (bicyclic) bond motifs is 1. The molecule has 1 aliphatic rings. The van der Waals surface area contributed by atoms with Gasteiger partial charge in [0.25, 0.3) is 11.8 Å². The molecule has 134 valence electrons. The number of amides is 3. The van der Waals surface area contributed by atoms with E-state index in [4.69, 9.17) is 11.6 Å². The van der Waals surface area contributed by atoms with Crippen LogP contribution in [0.4, 0.5) is 0 Å². The van der Waals surface area contributed by atoms with Crippen molar-refractivity contribution in [1.29, 1.82) is 0 Å². The average Bonchev–Trinajstić information content (AvgIpc) is 2.88. The maximum absolute atomic E-state index is 12.2. The second kappa shape index (κ2) is 8.15. The van der Waals surface area contributed by atoms with Crippen molar-refractivity contribution in [2.45, 2.75) is 19.3 Å². The largest absolute Gasteiger partial charge is 0.355 e. The number of rotatable bonds is 7. The minimum atomic E-state index is -0.417. The van der Waals surface area contributed by atoms with Gasteiger partial charge in [0, 0.05) is 11.6 Å². The van der Waals surface area contributed by atoms with Gasteiger partial charge in [0.2, 0.25) is 5.91 Å².